The minimum atomic E-state index is -1.19. The monoisotopic (exact) mass is 267 g/mol. The lowest BCUT2D eigenvalue weighted by Crippen LogP contribution is -2.21. The Morgan fingerprint density at radius 3 is 2.67 bits per heavy atom. The van der Waals surface area contributed by atoms with Crippen molar-refractivity contribution in [3.63, 3.8) is 0 Å². The fraction of sp³-hybridized carbons (Fsp3) is 0.462. The number of hydrogen-bond acceptors (Lipinski definition) is 3. The van der Waals surface area contributed by atoms with Gasteiger partial charge in [0.05, 0.1) is 0 Å². The van der Waals surface area contributed by atoms with Gasteiger partial charge in [-0.3, -0.25) is 4.79 Å². The van der Waals surface area contributed by atoms with Crippen LogP contribution >= 0.6 is 0 Å². The highest BCUT2D eigenvalue weighted by Crippen LogP contribution is 2.46. The van der Waals surface area contributed by atoms with Gasteiger partial charge in [0.15, 0.2) is 6.04 Å². The number of carboxylic acid groups (broad SMARTS) is 1. The molecule has 4 unspecified atom stereocenters. The minimum absolute atomic E-state index is 0.235. The Labute approximate surface area is 110 Å². The first-order valence-corrected chi connectivity index (χ1v) is 7.39. The second-order valence-electron chi connectivity index (χ2n) is 4.38. The molecule has 1 fully saturated rings. The molecule has 1 saturated heterocycles. The Balaban J connectivity index is 2.08. The molecule has 0 amide bonds. The Hall–Kier alpha value is -1.04. The van der Waals surface area contributed by atoms with Crippen molar-refractivity contribution in [3.05, 3.63) is 35.9 Å². The molecule has 4 nitrogen and oxygen atoms in total. The van der Waals surface area contributed by atoms with Crippen LogP contribution in [0.15, 0.2) is 30.3 Å². The Morgan fingerprint density at radius 1 is 1.44 bits per heavy atom. The fourth-order valence-corrected chi connectivity index (χ4v) is 3.70. The van der Waals surface area contributed by atoms with Crippen molar-refractivity contribution in [2.45, 2.75) is 31.8 Å². The van der Waals surface area contributed by atoms with Gasteiger partial charge in [-0.05, 0) is 12.0 Å². The normalized spacial score (nSPS) is 27.8. The van der Waals surface area contributed by atoms with E-state index in [1.807, 2.05) is 37.3 Å². The molecule has 4 atom stereocenters. The van der Waals surface area contributed by atoms with Crippen molar-refractivity contribution in [3.8, 4) is 0 Å². The van der Waals surface area contributed by atoms with E-state index in [1.165, 1.54) is 0 Å². The van der Waals surface area contributed by atoms with Gasteiger partial charge in [-0.25, -0.2) is 0 Å². The van der Waals surface area contributed by atoms with Gasteiger partial charge in [-0.1, -0.05) is 43.7 Å². The van der Waals surface area contributed by atoms with Gasteiger partial charge >= 0.3 is 5.97 Å². The molecule has 1 N–H and O–H groups in total. The first-order chi connectivity index (χ1) is 8.66. The molecule has 0 radical (unpaired) electrons. The lowest BCUT2D eigenvalue weighted by Gasteiger charge is -2.10. The lowest BCUT2D eigenvalue weighted by molar-refractivity contribution is -0.137. The number of aliphatic carboxylic acids is 1. The summed E-state index contributed by atoms with van der Waals surface area (Å²) in [7, 11) is 0. The second kappa shape index (κ2) is 5.73. The molecule has 1 aliphatic heterocycles. The zero-order valence-corrected chi connectivity index (χ0v) is 11.1. The third-order valence-corrected chi connectivity index (χ3v) is 4.62. The molecule has 5 heteroatoms. The van der Waals surface area contributed by atoms with Gasteiger partial charge in [0.1, 0.15) is 11.8 Å². The molecule has 1 aliphatic rings. The molecule has 0 aliphatic carbocycles. The largest absolute Gasteiger partial charge is 0.598 e. The van der Waals surface area contributed by atoms with Crippen LogP contribution in [-0.4, -0.2) is 31.7 Å². The van der Waals surface area contributed by atoms with Crippen molar-refractivity contribution in [1.82, 2.24) is 4.31 Å². The highest BCUT2D eigenvalue weighted by Gasteiger charge is 2.61. The molecule has 98 valence electrons. The molecule has 1 aromatic carbocycles. The number of rotatable bonds is 6. The Bertz CT molecular complexity index is 412. The average Bonchev–Trinajstić information content (AvgIpc) is 3.12. The fourth-order valence-electron chi connectivity index (χ4n) is 2.06. The van der Waals surface area contributed by atoms with Crippen molar-refractivity contribution >= 4 is 17.3 Å². The van der Waals surface area contributed by atoms with Crippen molar-refractivity contribution < 1.29 is 14.5 Å². The van der Waals surface area contributed by atoms with E-state index in [0.717, 1.165) is 18.4 Å². The predicted octanol–water partition coefficient (Wildman–Crippen LogP) is 1.96. The Kier molecular flexibility index (Phi) is 4.27. The number of unbranched alkanes of at least 4 members (excludes halogenated alkanes) is 1. The van der Waals surface area contributed by atoms with E-state index in [9.17, 15) is 9.35 Å². The molecular weight excluding hydrogens is 250 g/mol. The number of carbonyl (C=O) groups is 1. The van der Waals surface area contributed by atoms with Crippen molar-refractivity contribution in [2.24, 2.45) is 0 Å². The highest BCUT2D eigenvalue weighted by atomic mass is 32.2. The van der Waals surface area contributed by atoms with E-state index < -0.39 is 23.4 Å². The summed E-state index contributed by atoms with van der Waals surface area (Å²) in [6.45, 7) is 2.03. The van der Waals surface area contributed by atoms with Crippen LogP contribution in [0.1, 0.15) is 31.4 Å². The van der Waals surface area contributed by atoms with Crippen LogP contribution < -0.4 is 0 Å². The molecule has 0 spiro atoms. The van der Waals surface area contributed by atoms with Gasteiger partial charge in [0, 0.05) is 11.4 Å². The maximum absolute atomic E-state index is 12.0. The SMILES string of the molecule is CCCC[S+]([O-])N1C(C(=O)O)C1c1ccccc1. The summed E-state index contributed by atoms with van der Waals surface area (Å²) in [6.07, 6.45) is 1.82. The number of hydrogen-bond donors (Lipinski definition) is 1. The summed E-state index contributed by atoms with van der Waals surface area (Å²) in [5.41, 5.74) is 0.926. The molecule has 0 bridgehead atoms. The maximum atomic E-state index is 12.0. The van der Waals surface area contributed by atoms with E-state index >= 15 is 0 Å². The summed E-state index contributed by atoms with van der Waals surface area (Å²) < 4.78 is 13.6. The van der Waals surface area contributed by atoms with E-state index in [2.05, 4.69) is 0 Å². The zero-order chi connectivity index (χ0) is 13.1. The standard InChI is InChI=1S/C13H17NO3S/c1-2-3-9-18(17)14-11(12(14)13(15)16)10-7-5-4-6-8-10/h4-8,11-12H,2-3,9H2,1H3,(H,15,16). The minimum Gasteiger partial charge on any atom is -0.598 e. The number of benzene rings is 1. The van der Waals surface area contributed by atoms with Crippen LogP contribution in [0.25, 0.3) is 0 Å². The second-order valence-corrected chi connectivity index (χ2v) is 5.85. The van der Waals surface area contributed by atoms with Crippen LogP contribution in [-0.2, 0) is 16.2 Å². The first kappa shape index (κ1) is 13.4. The van der Waals surface area contributed by atoms with E-state index in [1.54, 1.807) is 4.31 Å². The maximum Gasteiger partial charge on any atom is 0.327 e. The summed E-state index contributed by atoms with van der Waals surface area (Å²) in [5, 5.41) is 9.15. The number of carboxylic acids is 1. The molecule has 18 heavy (non-hydrogen) atoms. The van der Waals surface area contributed by atoms with Crippen LogP contribution in [0.2, 0.25) is 0 Å². The zero-order valence-electron chi connectivity index (χ0n) is 10.3. The topological polar surface area (TPSA) is 63.4 Å². The first-order valence-electron chi connectivity index (χ1n) is 6.11. The summed E-state index contributed by atoms with van der Waals surface area (Å²) in [5.74, 6) is -0.349. The molecule has 0 saturated carbocycles. The average molecular weight is 267 g/mol. The third-order valence-electron chi connectivity index (χ3n) is 3.06. The van der Waals surface area contributed by atoms with Crippen molar-refractivity contribution in [1.29, 1.82) is 0 Å². The van der Waals surface area contributed by atoms with Crippen LogP contribution in [0.5, 0.6) is 0 Å². The molecule has 0 aromatic heterocycles. The molecule has 1 heterocycles. The van der Waals surface area contributed by atoms with Gasteiger partial charge in [-0.15, -0.1) is 4.31 Å². The highest BCUT2D eigenvalue weighted by molar-refractivity contribution is 7.89. The molecule has 2 rings (SSSR count). The van der Waals surface area contributed by atoms with E-state index in [0.29, 0.717) is 5.75 Å². The van der Waals surface area contributed by atoms with Crippen LogP contribution in [0, 0.1) is 0 Å². The van der Waals surface area contributed by atoms with Gasteiger partial charge in [0.25, 0.3) is 0 Å². The van der Waals surface area contributed by atoms with Crippen LogP contribution in [0.3, 0.4) is 0 Å². The summed E-state index contributed by atoms with van der Waals surface area (Å²) >= 11 is -1.19. The summed E-state index contributed by atoms with van der Waals surface area (Å²) in [4.78, 5) is 11.2. The number of nitrogens with zero attached hydrogens (tertiary/aromatic N) is 1. The summed E-state index contributed by atoms with van der Waals surface area (Å²) in [6, 6.07) is 8.54. The lowest BCUT2D eigenvalue weighted by atomic mass is 10.1. The van der Waals surface area contributed by atoms with Crippen molar-refractivity contribution in [2.75, 3.05) is 5.75 Å². The van der Waals surface area contributed by atoms with E-state index in [4.69, 9.17) is 5.11 Å². The smallest absolute Gasteiger partial charge is 0.327 e. The Morgan fingerprint density at radius 2 is 2.11 bits per heavy atom. The predicted molar refractivity (Wildman–Crippen MR) is 70.4 cm³/mol. The van der Waals surface area contributed by atoms with Gasteiger partial charge in [-0.2, -0.15) is 0 Å². The van der Waals surface area contributed by atoms with Crippen LogP contribution in [0.4, 0.5) is 0 Å². The van der Waals surface area contributed by atoms with Gasteiger partial charge < -0.3 is 9.66 Å². The quantitative estimate of drug-likeness (QED) is 0.632. The van der Waals surface area contributed by atoms with Gasteiger partial charge in [0.2, 0.25) is 0 Å². The molecule has 1 aromatic rings. The third kappa shape index (κ3) is 2.68. The van der Waals surface area contributed by atoms with E-state index in [-0.39, 0.29) is 6.04 Å². The molecular formula is C13H17NO3S.